The first-order chi connectivity index (χ1) is 12.4. The number of carbonyl (C=O) groups excluding carboxylic acids is 1. The van der Waals surface area contributed by atoms with Gasteiger partial charge in [-0.15, -0.1) is 0 Å². The number of benzene rings is 2. The number of carbonyl (C=O) groups is 1. The molecule has 0 saturated heterocycles. The van der Waals surface area contributed by atoms with Crippen molar-refractivity contribution < 1.29 is 4.79 Å². The van der Waals surface area contributed by atoms with Gasteiger partial charge in [-0.05, 0) is 61.4 Å². The summed E-state index contributed by atoms with van der Waals surface area (Å²) in [5.41, 5.74) is 3.61. The number of rotatable bonds is 4. The van der Waals surface area contributed by atoms with Crippen molar-refractivity contribution in [2.45, 2.75) is 13.8 Å². The molecule has 0 aliphatic heterocycles. The van der Waals surface area contributed by atoms with Crippen LogP contribution in [0, 0.1) is 13.8 Å². The molecule has 0 aliphatic carbocycles. The molecular weight excluding hydrogens is 371 g/mol. The Morgan fingerprint density at radius 1 is 1.04 bits per heavy atom. The molecule has 2 N–H and O–H groups in total. The standard InChI is InChI=1S/C19H16Cl2N4O/c1-11-9-12(2)17(15(21)10-11)25-19-22-8-7-16(24-19)18(26)23-14-5-3-13(20)4-6-14/h3-10H,1-2H3,(H,23,26)(H,22,24,25). The van der Waals surface area contributed by atoms with Gasteiger partial charge in [-0.1, -0.05) is 29.3 Å². The van der Waals surface area contributed by atoms with Crippen LogP contribution in [0.4, 0.5) is 17.3 Å². The number of anilines is 3. The van der Waals surface area contributed by atoms with E-state index in [0.29, 0.717) is 27.4 Å². The predicted octanol–water partition coefficient (Wildman–Crippen LogP) is 5.40. The van der Waals surface area contributed by atoms with E-state index in [4.69, 9.17) is 23.2 Å². The van der Waals surface area contributed by atoms with Crippen molar-refractivity contribution in [3.05, 3.63) is 75.5 Å². The molecule has 1 heterocycles. The molecule has 26 heavy (non-hydrogen) atoms. The van der Waals surface area contributed by atoms with Crippen LogP contribution in [0.15, 0.2) is 48.7 Å². The molecular formula is C19H16Cl2N4O. The van der Waals surface area contributed by atoms with E-state index in [9.17, 15) is 4.79 Å². The molecule has 0 radical (unpaired) electrons. The van der Waals surface area contributed by atoms with Gasteiger partial charge in [-0.3, -0.25) is 4.79 Å². The van der Waals surface area contributed by atoms with E-state index in [1.807, 2.05) is 26.0 Å². The number of nitrogens with zero attached hydrogens (tertiary/aromatic N) is 2. The van der Waals surface area contributed by atoms with Crippen LogP contribution in [0.25, 0.3) is 0 Å². The Kier molecular flexibility index (Phi) is 5.40. The lowest BCUT2D eigenvalue weighted by molar-refractivity contribution is 0.102. The van der Waals surface area contributed by atoms with Crippen LogP contribution in [-0.2, 0) is 0 Å². The summed E-state index contributed by atoms with van der Waals surface area (Å²) in [7, 11) is 0. The second-order valence-electron chi connectivity index (χ2n) is 5.79. The first-order valence-corrected chi connectivity index (χ1v) is 8.62. The average molecular weight is 387 g/mol. The fourth-order valence-corrected chi connectivity index (χ4v) is 2.95. The van der Waals surface area contributed by atoms with Crippen molar-refractivity contribution in [2.24, 2.45) is 0 Å². The van der Waals surface area contributed by atoms with Crippen molar-refractivity contribution in [2.75, 3.05) is 10.6 Å². The quantitative estimate of drug-likeness (QED) is 0.629. The van der Waals surface area contributed by atoms with E-state index >= 15 is 0 Å². The molecule has 0 spiro atoms. The van der Waals surface area contributed by atoms with Gasteiger partial charge in [0.25, 0.3) is 5.91 Å². The van der Waals surface area contributed by atoms with Crippen molar-refractivity contribution in [1.29, 1.82) is 0 Å². The lowest BCUT2D eigenvalue weighted by Gasteiger charge is -2.12. The number of hydrogen-bond acceptors (Lipinski definition) is 4. The third-order valence-electron chi connectivity index (χ3n) is 3.66. The molecule has 3 rings (SSSR count). The first kappa shape index (κ1) is 18.2. The largest absolute Gasteiger partial charge is 0.323 e. The van der Waals surface area contributed by atoms with Crippen molar-refractivity contribution >= 4 is 46.4 Å². The zero-order valence-electron chi connectivity index (χ0n) is 14.2. The normalized spacial score (nSPS) is 10.5. The van der Waals surface area contributed by atoms with Crippen LogP contribution >= 0.6 is 23.2 Å². The second kappa shape index (κ2) is 7.72. The fourth-order valence-electron chi connectivity index (χ4n) is 2.46. The van der Waals surface area contributed by atoms with Gasteiger partial charge in [0.2, 0.25) is 5.95 Å². The third kappa shape index (κ3) is 4.31. The van der Waals surface area contributed by atoms with Crippen molar-refractivity contribution in [3.63, 3.8) is 0 Å². The molecule has 5 nitrogen and oxygen atoms in total. The van der Waals surface area contributed by atoms with Crippen LogP contribution in [0.1, 0.15) is 21.6 Å². The zero-order valence-corrected chi connectivity index (χ0v) is 15.7. The summed E-state index contributed by atoms with van der Waals surface area (Å²) < 4.78 is 0. The Labute approximate surface area is 161 Å². The minimum Gasteiger partial charge on any atom is -0.323 e. The van der Waals surface area contributed by atoms with Gasteiger partial charge in [0, 0.05) is 16.9 Å². The highest BCUT2D eigenvalue weighted by molar-refractivity contribution is 6.33. The molecule has 0 aliphatic rings. The topological polar surface area (TPSA) is 66.9 Å². The first-order valence-electron chi connectivity index (χ1n) is 7.86. The van der Waals surface area contributed by atoms with Gasteiger partial charge in [-0.2, -0.15) is 0 Å². The summed E-state index contributed by atoms with van der Waals surface area (Å²) in [5, 5.41) is 7.02. The summed E-state index contributed by atoms with van der Waals surface area (Å²) >= 11 is 12.1. The fraction of sp³-hybridized carbons (Fsp3) is 0.105. The Bertz CT molecular complexity index is 935. The maximum atomic E-state index is 12.4. The predicted molar refractivity (Wildman–Crippen MR) is 106 cm³/mol. The van der Waals surface area contributed by atoms with Crippen LogP contribution in [0.3, 0.4) is 0 Å². The molecule has 1 aromatic heterocycles. The summed E-state index contributed by atoms with van der Waals surface area (Å²) in [5.74, 6) is -0.0490. The van der Waals surface area contributed by atoms with Crippen molar-refractivity contribution in [3.8, 4) is 0 Å². The van der Waals surface area contributed by atoms with E-state index in [-0.39, 0.29) is 11.6 Å². The highest BCUT2D eigenvalue weighted by atomic mass is 35.5. The van der Waals surface area contributed by atoms with Crippen molar-refractivity contribution in [1.82, 2.24) is 9.97 Å². The summed E-state index contributed by atoms with van der Waals surface area (Å²) in [4.78, 5) is 20.8. The van der Waals surface area contributed by atoms with E-state index in [1.165, 1.54) is 6.20 Å². The number of nitrogens with one attached hydrogen (secondary N) is 2. The SMILES string of the molecule is Cc1cc(C)c(Nc2nccc(C(=O)Nc3ccc(Cl)cc3)n2)c(Cl)c1. The van der Waals surface area contributed by atoms with Crippen LogP contribution < -0.4 is 10.6 Å². The summed E-state index contributed by atoms with van der Waals surface area (Å²) in [6, 6.07) is 12.2. The van der Waals surface area contributed by atoms with Gasteiger partial charge in [0.1, 0.15) is 5.69 Å². The number of aromatic nitrogens is 2. The average Bonchev–Trinajstić information content (AvgIpc) is 2.60. The third-order valence-corrected chi connectivity index (χ3v) is 4.21. The van der Waals surface area contributed by atoms with Crippen LogP contribution in [-0.4, -0.2) is 15.9 Å². The second-order valence-corrected chi connectivity index (χ2v) is 6.63. The highest BCUT2D eigenvalue weighted by Gasteiger charge is 2.12. The molecule has 7 heteroatoms. The Morgan fingerprint density at radius 3 is 2.46 bits per heavy atom. The molecule has 1 amide bonds. The number of aryl methyl sites for hydroxylation is 2. The minimum atomic E-state index is -0.343. The Hall–Kier alpha value is -2.63. The molecule has 132 valence electrons. The van der Waals surface area contributed by atoms with Gasteiger partial charge >= 0.3 is 0 Å². The molecule has 2 aromatic carbocycles. The van der Waals surface area contributed by atoms with Gasteiger partial charge in [0.05, 0.1) is 10.7 Å². The molecule has 3 aromatic rings. The highest BCUT2D eigenvalue weighted by Crippen LogP contribution is 2.29. The molecule has 0 atom stereocenters. The number of amides is 1. The molecule has 0 saturated carbocycles. The Morgan fingerprint density at radius 2 is 1.77 bits per heavy atom. The van der Waals surface area contributed by atoms with E-state index in [2.05, 4.69) is 20.6 Å². The van der Waals surface area contributed by atoms with E-state index < -0.39 is 0 Å². The van der Waals surface area contributed by atoms with Gasteiger partial charge in [-0.25, -0.2) is 9.97 Å². The number of halogens is 2. The monoisotopic (exact) mass is 386 g/mol. The summed E-state index contributed by atoms with van der Waals surface area (Å²) in [6.07, 6.45) is 1.52. The number of hydrogen-bond donors (Lipinski definition) is 2. The zero-order chi connectivity index (χ0) is 18.7. The lowest BCUT2D eigenvalue weighted by atomic mass is 10.1. The minimum absolute atomic E-state index is 0.235. The molecule has 0 unspecified atom stereocenters. The smallest absolute Gasteiger partial charge is 0.274 e. The molecule has 0 fully saturated rings. The maximum absolute atomic E-state index is 12.4. The van der Waals surface area contributed by atoms with Gasteiger partial charge < -0.3 is 10.6 Å². The lowest BCUT2D eigenvalue weighted by Crippen LogP contribution is -2.14. The molecule has 0 bridgehead atoms. The Balaban J connectivity index is 1.80. The maximum Gasteiger partial charge on any atom is 0.274 e. The summed E-state index contributed by atoms with van der Waals surface area (Å²) in [6.45, 7) is 3.92. The van der Waals surface area contributed by atoms with Crippen LogP contribution in [0.2, 0.25) is 10.0 Å². The van der Waals surface area contributed by atoms with E-state index in [1.54, 1.807) is 30.3 Å². The van der Waals surface area contributed by atoms with E-state index in [0.717, 1.165) is 11.1 Å². The van der Waals surface area contributed by atoms with Gasteiger partial charge in [0.15, 0.2) is 0 Å². The van der Waals surface area contributed by atoms with Crippen LogP contribution in [0.5, 0.6) is 0 Å².